The van der Waals surface area contributed by atoms with Gasteiger partial charge in [0.25, 0.3) is 0 Å². The van der Waals surface area contributed by atoms with Crippen LogP contribution in [-0.4, -0.2) is 22.4 Å². The molecule has 0 saturated carbocycles. The van der Waals surface area contributed by atoms with Crippen LogP contribution in [-0.2, 0) is 5.41 Å². The Morgan fingerprint density at radius 1 is 0.478 bits per heavy atom. The van der Waals surface area contributed by atoms with Gasteiger partial charge in [0.1, 0.15) is 0 Å². The van der Waals surface area contributed by atoms with Gasteiger partial charge >= 0.3 is 0 Å². The van der Waals surface area contributed by atoms with Crippen molar-refractivity contribution in [2.75, 3.05) is 0 Å². The number of hydrogen-bond donors (Lipinski definition) is 2. The van der Waals surface area contributed by atoms with Crippen molar-refractivity contribution in [1.82, 2.24) is 9.97 Å². The first kappa shape index (κ1) is 32.9. The third kappa shape index (κ3) is 6.72. The lowest BCUT2D eigenvalue weighted by atomic mass is 9.77. The van der Waals surface area contributed by atoms with Gasteiger partial charge in [-0.1, -0.05) is 122 Å². The number of benzene rings is 3. The molecule has 0 atom stereocenters. The molecule has 4 nitrogen and oxygen atoms in total. The number of nitrogens with one attached hydrogen (secondary N) is 2. The Morgan fingerprint density at radius 3 is 1.20 bits per heavy atom. The van der Waals surface area contributed by atoms with Gasteiger partial charge in [0.15, 0.2) is 0 Å². The summed E-state index contributed by atoms with van der Waals surface area (Å²) < 4.78 is 0. The SMILES string of the molecule is CC(C)c1cccc(C(C)C)c1N=Cc1ccc(C(C)(c2ccccc2)c2ccc(C=Nc3c(C(C)C)cccc3C(C)C)[nH]2)[nH]1. The number of aliphatic imine (C=N–C) groups is 2. The molecule has 0 radical (unpaired) electrons. The molecular weight excluding hydrogens is 560 g/mol. The Balaban J connectivity index is 1.52. The van der Waals surface area contributed by atoms with Crippen molar-refractivity contribution in [1.29, 1.82) is 0 Å². The first-order valence-corrected chi connectivity index (χ1v) is 16.8. The topological polar surface area (TPSA) is 56.3 Å². The van der Waals surface area contributed by atoms with Crippen LogP contribution < -0.4 is 0 Å². The second-order valence-corrected chi connectivity index (χ2v) is 13.9. The average Bonchev–Trinajstić information content (AvgIpc) is 3.73. The van der Waals surface area contributed by atoms with Gasteiger partial charge in [0, 0.05) is 11.4 Å². The lowest BCUT2D eigenvalue weighted by Gasteiger charge is -2.29. The van der Waals surface area contributed by atoms with Gasteiger partial charge in [-0.25, -0.2) is 0 Å². The molecule has 2 heterocycles. The molecule has 5 rings (SSSR count). The number of H-pyrrole nitrogens is 2. The van der Waals surface area contributed by atoms with Crippen LogP contribution >= 0.6 is 0 Å². The molecule has 0 spiro atoms. The van der Waals surface area contributed by atoms with E-state index in [1.54, 1.807) is 0 Å². The Bertz CT molecular complexity index is 1650. The number of rotatable bonds is 11. The maximum absolute atomic E-state index is 5.07. The highest BCUT2D eigenvalue weighted by Crippen LogP contribution is 2.39. The van der Waals surface area contributed by atoms with Gasteiger partial charge in [-0.15, -0.1) is 0 Å². The van der Waals surface area contributed by atoms with E-state index in [1.165, 1.54) is 27.8 Å². The minimum Gasteiger partial charge on any atom is -0.357 e. The monoisotopic (exact) mass is 610 g/mol. The maximum atomic E-state index is 5.07. The first-order chi connectivity index (χ1) is 22.0. The molecule has 0 aliphatic rings. The summed E-state index contributed by atoms with van der Waals surface area (Å²) in [5, 5.41) is 0. The Kier molecular flexibility index (Phi) is 9.96. The molecule has 3 aromatic carbocycles. The van der Waals surface area contributed by atoms with E-state index in [-0.39, 0.29) is 0 Å². The zero-order valence-corrected chi connectivity index (χ0v) is 29.0. The van der Waals surface area contributed by atoms with E-state index in [9.17, 15) is 0 Å². The molecule has 0 aliphatic carbocycles. The fraction of sp³-hybridized carbons (Fsp3) is 0.333. The van der Waals surface area contributed by atoms with E-state index in [0.29, 0.717) is 23.7 Å². The summed E-state index contributed by atoms with van der Waals surface area (Å²) in [5.74, 6) is 1.58. The number of aromatic amines is 2. The van der Waals surface area contributed by atoms with E-state index in [2.05, 4.69) is 163 Å². The van der Waals surface area contributed by atoms with E-state index in [1.807, 2.05) is 12.4 Å². The third-order valence-electron chi connectivity index (χ3n) is 9.20. The lowest BCUT2D eigenvalue weighted by Crippen LogP contribution is -2.26. The highest BCUT2D eigenvalue weighted by atomic mass is 14.8. The van der Waals surface area contributed by atoms with Crippen LogP contribution in [0.15, 0.2) is 101 Å². The summed E-state index contributed by atoms with van der Waals surface area (Å²) in [6, 6.07) is 32.4. The molecule has 0 bridgehead atoms. The molecular formula is C42H50N4. The number of hydrogen-bond acceptors (Lipinski definition) is 2. The normalized spacial score (nSPS) is 13.7. The number of aromatic nitrogens is 2. The van der Waals surface area contributed by atoms with Crippen molar-refractivity contribution in [3.63, 3.8) is 0 Å². The molecule has 0 aliphatic heterocycles. The molecule has 0 amide bonds. The molecule has 2 aromatic heterocycles. The Hall–Kier alpha value is -4.44. The van der Waals surface area contributed by atoms with Gasteiger partial charge in [0.2, 0.25) is 0 Å². The minimum absolute atomic E-state index is 0.396. The van der Waals surface area contributed by atoms with Gasteiger partial charge < -0.3 is 9.97 Å². The Morgan fingerprint density at radius 2 is 0.848 bits per heavy atom. The van der Waals surface area contributed by atoms with Crippen LogP contribution in [0.5, 0.6) is 0 Å². The summed E-state index contributed by atoms with van der Waals surface area (Å²) in [6.45, 7) is 20.1. The largest absolute Gasteiger partial charge is 0.357 e. The fourth-order valence-electron chi connectivity index (χ4n) is 6.38. The van der Waals surface area contributed by atoms with Gasteiger partial charge in [-0.05, 0) is 82.7 Å². The van der Waals surface area contributed by atoms with Crippen LogP contribution in [0, 0.1) is 0 Å². The highest BCUT2D eigenvalue weighted by Gasteiger charge is 2.34. The molecule has 2 N–H and O–H groups in total. The summed E-state index contributed by atoms with van der Waals surface area (Å²) in [5.41, 5.74) is 12.2. The Labute approximate surface area is 276 Å². The molecule has 0 fully saturated rings. The zero-order valence-electron chi connectivity index (χ0n) is 29.0. The van der Waals surface area contributed by atoms with E-state index in [0.717, 1.165) is 34.2 Å². The standard InChI is InChI=1S/C42H50N4/c1-27(2)34-17-13-18-35(28(3)4)40(34)43-25-32-21-23-38(45-32)42(9,31-15-11-10-12-16-31)39-24-22-33(46-39)26-44-41-36(29(5)6)19-14-20-37(41)30(7)8/h10-30,45-46H,1-9H3. The molecule has 5 aromatic rings. The quantitative estimate of drug-likeness (QED) is 0.140. The number of para-hydroxylation sites is 2. The zero-order chi connectivity index (χ0) is 33.0. The van der Waals surface area contributed by atoms with Crippen LogP contribution in [0.4, 0.5) is 11.4 Å². The smallest absolute Gasteiger partial charge is 0.0723 e. The third-order valence-corrected chi connectivity index (χ3v) is 9.20. The van der Waals surface area contributed by atoms with E-state index >= 15 is 0 Å². The van der Waals surface area contributed by atoms with Crippen LogP contribution in [0.3, 0.4) is 0 Å². The molecule has 0 unspecified atom stereocenters. The van der Waals surface area contributed by atoms with Crippen LogP contribution in [0.2, 0.25) is 0 Å². The number of nitrogens with zero attached hydrogens (tertiary/aromatic N) is 2. The first-order valence-electron chi connectivity index (χ1n) is 16.8. The lowest BCUT2D eigenvalue weighted by molar-refractivity contribution is 0.650. The van der Waals surface area contributed by atoms with Crippen molar-refractivity contribution < 1.29 is 0 Å². The van der Waals surface area contributed by atoms with Gasteiger partial charge in [-0.2, -0.15) is 0 Å². The highest BCUT2D eigenvalue weighted by molar-refractivity contribution is 5.82. The van der Waals surface area contributed by atoms with Gasteiger partial charge in [-0.3, -0.25) is 9.98 Å². The van der Waals surface area contributed by atoms with Crippen molar-refractivity contribution in [3.8, 4) is 0 Å². The second kappa shape index (κ2) is 13.9. The van der Waals surface area contributed by atoms with Gasteiger partial charge in [0.05, 0.1) is 40.6 Å². The van der Waals surface area contributed by atoms with Crippen molar-refractivity contribution in [2.24, 2.45) is 9.98 Å². The predicted molar refractivity (Wildman–Crippen MR) is 197 cm³/mol. The molecule has 4 heteroatoms. The maximum Gasteiger partial charge on any atom is 0.0723 e. The predicted octanol–water partition coefficient (Wildman–Crippen LogP) is 11.7. The molecule has 46 heavy (non-hydrogen) atoms. The van der Waals surface area contributed by atoms with Crippen molar-refractivity contribution in [3.05, 3.63) is 142 Å². The van der Waals surface area contributed by atoms with Crippen LogP contribution in [0.25, 0.3) is 0 Å². The summed E-state index contributed by atoms with van der Waals surface area (Å²) in [4.78, 5) is 17.6. The van der Waals surface area contributed by atoms with E-state index in [4.69, 9.17) is 9.98 Å². The molecule has 0 saturated heterocycles. The van der Waals surface area contributed by atoms with Crippen LogP contribution in [0.1, 0.15) is 137 Å². The van der Waals surface area contributed by atoms with E-state index < -0.39 is 5.41 Å². The fourth-order valence-corrected chi connectivity index (χ4v) is 6.38. The average molecular weight is 611 g/mol. The minimum atomic E-state index is -0.447. The van der Waals surface area contributed by atoms with Crippen molar-refractivity contribution >= 4 is 23.8 Å². The summed E-state index contributed by atoms with van der Waals surface area (Å²) in [7, 11) is 0. The summed E-state index contributed by atoms with van der Waals surface area (Å²) in [6.07, 6.45) is 3.96. The summed E-state index contributed by atoms with van der Waals surface area (Å²) >= 11 is 0. The second-order valence-electron chi connectivity index (χ2n) is 13.9. The van der Waals surface area contributed by atoms with Crippen molar-refractivity contribution in [2.45, 2.75) is 91.4 Å². The molecule has 238 valence electrons.